The van der Waals surface area contributed by atoms with Crippen molar-refractivity contribution in [3.63, 3.8) is 0 Å². The van der Waals surface area contributed by atoms with E-state index in [4.69, 9.17) is 9.84 Å². The first-order chi connectivity index (χ1) is 12.2. The number of unbranched alkanes of at least 4 members (excludes halogenated alkanes) is 8. The standard InChI is InChI=1S/C18H34O7S/c1-3-5-7-9-10-12-14-25-17(21)18(15-16(19)20,26(22,23)24)13-11-8-6-4-2/h3-15H2,1-2H3,(H,19,20)(H,22,23,24). The van der Waals surface area contributed by atoms with Gasteiger partial charge in [0.1, 0.15) is 0 Å². The highest BCUT2D eigenvalue weighted by atomic mass is 32.2. The van der Waals surface area contributed by atoms with Crippen LogP contribution in [0.3, 0.4) is 0 Å². The summed E-state index contributed by atoms with van der Waals surface area (Å²) in [4.78, 5) is 23.6. The molecular formula is C18H34O7S. The maximum absolute atomic E-state index is 12.4. The Balaban J connectivity index is 4.89. The lowest BCUT2D eigenvalue weighted by Gasteiger charge is -2.27. The zero-order valence-electron chi connectivity index (χ0n) is 16.0. The van der Waals surface area contributed by atoms with E-state index in [0.29, 0.717) is 19.3 Å². The van der Waals surface area contributed by atoms with E-state index in [2.05, 4.69) is 6.92 Å². The zero-order valence-corrected chi connectivity index (χ0v) is 16.9. The van der Waals surface area contributed by atoms with Crippen molar-refractivity contribution in [2.45, 2.75) is 95.6 Å². The summed E-state index contributed by atoms with van der Waals surface area (Å²) >= 11 is 0. The van der Waals surface area contributed by atoms with E-state index in [1.54, 1.807) is 0 Å². The number of carboxylic acids is 1. The van der Waals surface area contributed by atoms with Gasteiger partial charge in [0.05, 0.1) is 13.0 Å². The zero-order chi connectivity index (χ0) is 20.1. The third-order valence-corrected chi connectivity index (χ3v) is 5.97. The van der Waals surface area contributed by atoms with Crippen molar-refractivity contribution in [2.24, 2.45) is 0 Å². The molecule has 8 heteroatoms. The molecule has 0 saturated heterocycles. The van der Waals surface area contributed by atoms with Gasteiger partial charge < -0.3 is 9.84 Å². The fraction of sp³-hybridized carbons (Fsp3) is 0.889. The fourth-order valence-electron chi connectivity index (χ4n) is 2.85. The van der Waals surface area contributed by atoms with Crippen LogP contribution in [0, 0.1) is 0 Å². The first kappa shape index (κ1) is 24.8. The van der Waals surface area contributed by atoms with Crippen molar-refractivity contribution in [1.29, 1.82) is 0 Å². The van der Waals surface area contributed by atoms with Crippen molar-refractivity contribution in [3.05, 3.63) is 0 Å². The predicted octanol–water partition coefficient (Wildman–Crippen LogP) is 3.96. The normalized spacial score (nSPS) is 14.0. The van der Waals surface area contributed by atoms with Crippen molar-refractivity contribution >= 4 is 22.1 Å². The topological polar surface area (TPSA) is 118 Å². The van der Waals surface area contributed by atoms with Gasteiger partial charge in [0.2, 0.25) is 4.75 Å². The van der Waals surface area contributed by atoms with Crippen LogP contribution >= 0.6 is 0 Å². The Hall–Kier alpha value is -1.15. The van der Waals surface area contributed by atoms with E-state index >= 15 is 0 Å². The molecule has 0 aliphatic carbocycles. The summed E-state index contributed by atoms with van der Waals surface area (Å²) in [5.74, 6) is -2.62. The number of hydrogen-bond acceptors (Lipinski definition) is 5. The molecule has 0 rings (SSSR count). The Kier molecular flexibility index (Phi) is 12.5. The molecule has 0 radical (unpaired) electrons. The third-order valence-electron chi connectivity index (χ3n) is 4.47. The summed E-state index contributed by atoms with van der Waals surface area (Å²) in [6.07, 6.45) is 7.26. The largest absolute Gasteiger partial charge is 0.481 e. The highest BCUT2D eigenvalue weighted by Crippen LogP contribution is 2.30. The number of ether oxygens (including phenoxy) is 1. The molecule has 1 unspecified atom stereocenters. The summed E-state index contributed by atoms with van der Waals surface area (Å²) in [7, 11) is -4.92. The smallest absolute Gasteiger partial charge is 0.330 e. The number of carbonyl (C=O) groups excluding carboxylic acids is 1. The van der Waals surface area contributed by atoms with Crippen molar-refractivity contribution in [2.75, 3.05) is 6.61 Å². The second kappa shape index (κ2) is 13.1. The number of esters is 1. The maximum atomic E-state index is 12.4. The Labute approximate surface area is 157 Å². The van der Waals surface area contributed by atoms with Crippen LogP contribution in [0.2, 0.25) is 0 Å². The number of carbonyl (C=O) groups is 2. The van der Waals surface area contributed by atoms with Gasteiger partial charge >= 0.3 is 11.9 Å². The molecule has 7 nitrogen and oxygen atoms in total. The van der Waals surface area contributed by atoms with Gasteiger partial charge in [-0.25, -0.2) is 0 Å². The van der Waals surface area contributed by atoms with Gasteiger partial charge in [0.15, 0.2) is 0 Å². The molecule has 0 amide bonds. The van der Waals surface area contributed by atoms with Crippen LogP contribution in [0.1, 0.15) is 90.9 Å². The monoisotopic (exact) mass is 394 g/mol. The highest BCUT2D eigenvalue weighted by Gasteiger charge is 2.52. The number of carboxylic acid groups (broad SMARTS) is 1. The van der Waals surface area contributed by atoms with Crippen LogP contribution in [0.4, 0.5) is 0 Å². The number of rotatable bonds is 16. The SMILES string of the molecule is CCCCCCCCOC(=O)C(CCCCCC)(CC(=O)O)S(=O)(=O)O. The molecule has 0 aromatic heterocycles. The lowest BCUT2D eigenvalue weighted by molar-refractivity contribution is -0.152. The van der Waals surface area contributed by atoms with Gasteiger partial charge in [0, 0.05) is 0 Å². The summed E-state index contributed by atoms with van der Waals surface area (Å²) in [6, 6.07) is 0. The predicted molar refractivity (Wildman–Crippen MR) is 99.6 cm³/mol. The molecule has 0 aliphatic heterocycles. The van der Waals surface area contributed by atoms with Crippen molar-refractivity contribution in [3.8, 4) is 0 Å². The first-order valence-corrected chi connectivity index (χ1v) is 11.0. The van der Waals surface area contributed by atoms with Gasteiger partial charge in [-0.3, -0.25) is 14.1 Å². The van der Waals surface area contributed by atoms with Gasteiger partial charge in [-0.15, -0.1) is 0 Å². The molecule has 1 atom stereocenters. The second-order valence-corrected chi connectivity index (χ2v) is 8.49. The van der Waals surface area contributed by atoms with E-state index in [1.165, 1.54) is 0 Å². The van der Waals surface area contributed by atoms with Crippen LogP contribution in [0.5, 0.6) is 0 Å². The maximum Gasteiger partial charge on any atom is 0.330 e. The molecule has 154 valence electrons. The second-order valence-electron chi connectivity index (χ2n) is 6.75. The van der Waals surface area contributed by atoms with Gasteiger partial charge in [0.25, 0.3) is 10.1 Å². The van der Waals surface area contributed by atoms with Gasteiger partial charge in [-0.2, -0.15) is 8.42 Å². The summed E-state index contributed by atoms with van der Waals surface area (Å²) in [5.41, 5.74) is 0. The minimum Gasteiger partial charge on any atom is -0.481 e. The Morgan fingerprint density at radius 3 is 1.88 bits per heavy atom. The highest BCUT2D eigenvalue weighted by molar-refractivity contribution is 7.88. The van der Waals surface area contributed by atoms with Crippen LogP contribution in [0.15, 0.2) is 0 Å². The van der Waals surface area contributed by atoms with Crippen molar-refractivity contribution < 1.29 is 32.4 Å². The molecule has 0 saturated carbocycles. The summed E-state index contributed by atoms with van der Waals surface area (Å²) in [5, 5.41) is 9.07. The first-order valence-electron chi connectivity index (χ1n) is 9.57. The molecule has 0 heterocycles. The van der Waals surface area contributed by atoms with E-state index in [1.807, 2.05) is 6.92 Å². The van der Waals surface area contributed by atoms with Crippen molar-refractivity contribution in [1.82, 2.24) is 0 Å². The minimum atomic E-state index is -4.92. The number of hydrogen-bond donors (Lipinski definition) is 2. The molecule has 0 aromatic carbocycles. The van der Waals surface area contributed by atoms with Crippen LogP contribution in [-0.2, 0) is 24.4 Å². The Bertz CT molecular complexity index is 516. The minimum absolute atomic E-state index is 0.0246. The number of aliphatic carboxylic acids is 1. The average Bonchev–Trinajstić information content (AvgIpc) is 2.55. The molecule has 0 bridgehead atoms. The van der Waals surface area contributed by atoms with Crippen LogP contribution < -0.4 is 0 Å². The summed E-state index contributed by atoms with van der Waals surface area (Å²) in [6.45, 7) is 4.11. The fourth-order valence-corrected chi connectivity index (χ4v) is 3.83. The molecule has 2 N–H and O–H groups in total. The quantitative estimate of drug-likeness (QED) is 0.231. The molecule has 0 aromatic rings. The Morgan fingerprint density at radius 2 is 1.38 bits per heavy atom. The van der Waals surface area contributed by atoms with Crippen LogP contribution in [0.25, 0.3) is 0 Å². The van der Waals surface area contributed by atoms with Gasteiger partial charge in [-0.05, 0) is 12.8 Å². The summed E-state index contributed by atoms with van der Waals surface area (Å²) < 4.78 is 36.0. The van der Waals surface area contributed by atoms with E-state index in [9.17, 15) is 22.6 Å². The average molecular weight is 395 g/mol. The lowest BCUT2D eigenvalue weighted by atomic mass is 9.96. The molecular weight excluding hydrogens is 360 g/mol. The molecule has 0 spiro atoms. The van der Waals surface area contributed by atoms with E-state index in [-0.39, 0.29) is 13.0 Å². The Morgan fingerprint density at radius 1 is 0.885 bits per heavy atom. The lowest BCUT2D eigenvalue weighted by Crippen LogP contribution is -2.49. The van der Waals surface area contributed by atoms with E-state index in [0.717, 1.165) is 44.9 Å². The molecule has 0 aliphatic rings. The molecule has 0 fully saturated rings. The molecule has 26 heavy (non-hydrogen) atoms. The van der Waals surface area contributed by atoms with E-state index < -0.39 is 33.2 Å². The van der Waals surface area contributed by atoms with Gasteiger partial charge in [-0.1, -0.05) is 71.6 Å². The third kappa shape index (κ3) is 8.98. The van der Waals surface area contributed by atoms with Crippen LogP contribution in [-0.4, -0.2) is 41.4 Å².